The molecule has 2 saturated carbocycles. The van der Waals surface area contributed by atoms with Gasteiger partial charge in [-0.3, -0.25) is 8.98 Å². The summed E-state index contributed by atoms with van der Waals surface area (Å²) in [5, 5.41) is 35.8. The fraction of sp³-hybridized carbons (Fsp3) is 0.632. The highest BCUT2D eigenvalue weighted by Crippen LogP contribution is 2.55. The lowest BCUT2D eigenvalue weighted by molar-refractivity contribution is -0.159. The number of hydrogen-bond acceptors (Lipinski definition) is 9. The fourth-order valence-corrected chi connectivity index (χ4v) is 6.15. The predicted molar refractivity (Wildman–Crippen MR) is 101 cm³/mol. The lowest BCUT2D eigenvalue weighted by atomic mass is 9.94. The molecule has 1 aliphatic heterocycles. The van der Waals surface area contributed by atoms with E-state index in [-0.39, 0.29) is 40.8 Å². The molecule has 10 heteroatoms. The molecule has 29 heavy (non-hydrogen) atoms. The van der Waals surface area contributed by atoms with E-state index < -0.39 is 33.5 Å². The van der Waals surface area contributed by atoms with Crippen molar-refractivity contribution in [1.82, 2.24) is 0 Å². The molecule has 1 aromatic carbocycles. The Morgan fingerprint density at radius 2 is 1.83 bits per heavy atom. The maximum Gasteiger partial charge on any atom is 0.308 e. The standard InChI is InChI=1S/C11H16O5S.C8H10O4/c1-5(2)11(12)15-9-6-3-7-8(4-6)17(13,14)16-10(7)9;1-2-4-3-5(9)7(11)8(12)6(4)10/h5-10H,3-4H2,1-2H3;3,9-12H,2H2,1H3. The fourth-order valence-electron chi connectivity index (χ4n) is 4.27. The van der Waals surface area contributed by atoms with E-state index in [0.29, 0.717) is 18.4 Å². The highest BCUT2D eigenvalue weighted by Gasteiger charge is 2.65. The Bertz CT molecular complexity index is 909. The Kier molecular flexibility index (Phi) is 5.61. The van der Waals surface area contributed by atoms with Gasteiger partial charge < -0.3 is 25.2 Å². The van der Waals surface area contributed by atoms with Crippen LogP contribution in [0.3, 0.4) is 0 Å². The van der Waals surface area contributed by atoms with E-state index in [2.05, 4.69) is 0 Å². The summed E-state index contributed by atoms with van der Waals surface area (Å²) in [6, 6.07) is 1.21. The molecule has 162 valence electrons. The second-order valence-corrected chi connectivity index (χ2v) is 9.78. The molecular formula is C19H26O9S. The molecule has 1 saturated heterocycles. The van der Waals surface area contributed by atoms with Crippen LogP contribution >= 0.6 is 0 Å². The summed E-state index contributed by atoms with van der Waals surface area (Å²) >= 11 is 0. The second-order valence-electron chi connectivity index (χ2n) is 8.00. The number of phenolic OH excluding ortho intramolecular Hbond substituents is 4. The SMILES string of the molecule is CC(C)C(=O)OC1C2CC3C1OS(=O)(=O)C3C2.CCc1cc(O)c(O)c(O)c1O. The van der Waals surface area contributed by atoms with Crippen molar-refractivity contribution < 1.29 is 42.6 Å². The highest BCUT2D eigenvalue weighted by molar-refractivity contribution is 7.87. The number of carbonyl (C=O) groups excluding carboxylic acids is 1. The number of aryl methyl sites for hydroxylation is 1. The largest absolute Gasteiger partial charge is 0.504 e. The summed E-state index contributed by atoms with van der Waals surface area (Å²) in [6.07, 6.45) is 1.08. The molecular weight excluding hydrogens is 404 g/mol. The summed E-state index contributed by atoms with van der Waals surface area (Å²) in [6.45, 7) is 5.29. The van der Waals surface area contributed by atoms with E-state index in [0.717, 1.165) is 6.42 Å². The van der Waals surface area contributed by atoms with Crippen molar-refractivity contribution in [2.24, 2.45) is 17.8 Å². The van der Waals surface area contributed by atoms with Crippen molar-refractivity contribution in [2.45, 2.75) is 57.5 Å². The third-order valence-electron chi connectivity index (χ3n) is 5.82. The molecule has 9 nitrogen and oxygen atoms in total. The van der Waals surface area contributed by atoms with Crippen molar-refractivity contribution in [3.8, 4) is 23.0 Å². The van der Waals surface area contributed by atoms with Crippen LogP contribution in [-0.2, 0) is 30.3 Å². The summed E-state index contributed by atoms with van der Waals surface area (Å²) in [5.41, 5.74) is 0.391. The topological polar surface area (TPSA) is 151 Å². The molecule has 3 aliphatic rings. The van der Waals surface area contributed by atoms with Gasteiger partial charge in [0, 0.05) is 17.4 Å². The Hall–Kier alpha value is -2.20. The van der Waals surface area contributed by atoms with Gasteiger partial charge in [0.25, 0.3) is 10.1 Å². The summed E-state index contributed by atoms with van der Waals surface area (Å²) in [5.74, 6) is -2.44. The molecule has 4 N–H and O–H groups in total. The molecule has 0 amide bonds. The number of rotatable bonds is 3. The Balaban J connectivity index is 0.000000177. The normalized spacial score (nSPS) is 30.8. The third-order valence-corrected chi connectivity index (χ3v) is 7.60. The number of phenols is 4. The molecule has 2 bridgehead atoms. The van der Waals surface area contributed by atoms with Gasteiger partial charge >= 0.3 is 5.97 Å². The van der Waals surface area contributed by atoms with Gasteiger partial charge in [-0.15, -0.1) is 0 Å². The van der Waals surface area contributed by atoms with Gasteiger partial charge in [-0.05, 0) is 25.3 Å². The van der Waals surface area contributed by atoms with E-state index in [4.69, 9.17) is 24.2 Å². The molecule has 3 fully saturated rings. The molecule has 5 unspecified atom stereocenters. The average Bonchev–Trinajstić information content (AvgIpc) is 3.27. The smallest absolute Gasteiger partial charge is 0.308 e. The summed E-state index contributed by atoms with van der Waals surface area (Å²) < 4.78 is 33.9. The molecule has 5 atom stereocenters. The Labute approximate surface area is 169 Å². The van der Waals surface area contributed by atoms with Gasteiger partial charge in [0.05, 0.1) is 11.2 Å². The zero-order valence-corrected chi connectivity index (χ0v) is 17.2. The number of carbonyl (C=O) groups is 1. The van der Waals surface area contributed by atoms with Crippen LogP contribution in [0.4, 0.5) is 0 Å². The zero-order chi connectivity index (χ0) is 21.7. The van der Waals surface area contributed by atoms with Crippen LogP contribution in [0.2, 0.25) is 0 Å². The molecule has 0 radical (unpaired) electrons. The summed E-state index contributed by atoms with van der Waals surface area (Å²) in [7, 11) is -3.41. The number of esters is 1. The van der Waals surface area contributed by atoms with Crippen molar-refractivity contribution in [3.63, 3.8) is 0 Å². The minimum atomic E-state index is -3.41. The van der Waals surface area contributed by atoms with E-state index in [1.165, 1.54) is 6.07 Å². The number of ether oxygens (including phenoxy) is 1. The maximum atomic E-state index is 11.7. The highest BCUT2D eigenvalue weighted by atomic mass is 32.2. The molecule has 2 aliphatic carbocycles. The maximum absolute atomic E-state index is 11.7. The second kappa shape index (κ2) is 7.56. The quantitative estimate of drug-likeness (QED) is 0.243. The van der Waals surface area contributed by atoms with Gasteiger partial charge in [0.1, 0.15) is 12.2 Å². The van der Waals surface area contributed by atoms with E-state index in [1.807, 2.05) is 0 Å². The number of aromatic hydroxyl groups is 4. The molecule has 1 aromatic rings. The van der Waals surface area contributed by atoms with E-state index in [1.54, 1.807) is 20.8 Å². The first-order valence-electron chi connectivity index (χ1n) is 9.56. The summed E-state index contributed by atoms with van der Waals surface area (Å²) in [4.78, 5) is 11.6. The van der Waals surface area contributed by atoms with Crippen LogP contribution in [0.5, 0.6) is 23.0 Å². The van der Waals surface area contributed by atoms with Crippen LogP contribution in [0.15, 0.2) is 6.07 Å². The molecule has 0 aromatic heterocycles. The van der Waals surface area contributed by atoms with Crippen molar-refractivity contribution >= 4 is 16.1 Å². The van der Waals surface area contributed by atoms with Gasteiger partial charge in [-0.25, -0.2) is 0 Å². The van der Waals surface area contributed by atoms with Gasteiger partial charge in [0.15, 0.2) is 11.5 Å². The van der Waals surface area contributed by atoms with Crippen LogP contribution in [0.25, 0.3) is 0 Å². The first-order valence-corrected chi connectivity index (χ1v) is 11.0. The minimum Gasteiger partial charge on any atom is -0.504 e. The van der Waals surface area contributed by atoms with Crippen LogP contribution in [-0.4, -0.2) is 52.3 Å². The number of hydrogen-bond donors (Lipinski definition) is 4. The van der Waals surface area contributed by atoms with Crippen LogP contribution in [0, 0.1) is 17.8 Å². The van der Waals surface area contributed by atoms with E-state index >= 15 is 0 Å². The van der Waals surface area contributed by atoms with Crippen LogP contribution in [0.1, 0.15) is 39.2 Å². The number of fused-ring (bicyclic) bond motifs is 1. The monoisotopic (exact) mass is 430 g/mol. The van der Waals surface area contributed by atoms with Crippen molar-refractivity contribution in [3.05, 3.63) is 11.6 Å². The lowest BCUT2D eigenvalue weighted by Gasteiger charge is -2.25. The van der Waals surface area contributed by atoms with Crippen molar-refractivity contribution in [1.29, 1.82) is 0 Å². The number of benzene rings is 1. The van der Waals surface area contributed by atoms with Gasteiger partial charge in [0.2, 0.25) is 11.5 Å². The molecule has 0 spiro atoms. The third kappa shape index (κ3) is 3.71. The lowest BCUT2D eigenvalue weighted by Crippen LogP contribution is -2.38. The Morgan fingerprint density at radius 1 is 1.17 bits per heavy atom. The van der Waals surface area contributed by atoms with E-state index in [9.17, 15) is 18.3 Å². The first kappa shape index (κ1) is 21.5. The van der Waals surface area contributed by atoms with Crippen LogP contribution < -0.4 is 0 Å². The first-order chi connectivity index (χ1) is 13.5. The van der Waals surface area contributed by atoms with Gasteiger partial charge in [-0.1, -0.05) is 20.8 Å². The zero-order valence-electron chi connectivity index (χ0n) is 16.4. The van der Waals surface area contributed by atoms with Crippen molar-refractivity contribution in [2.75, 3.05) is 0 Å². The Morgan fingerprint density at radius 3 is 2.41 bits per heavy atom. The minimum absolute atomic E-state index is 0.0370. The molecule has 1 heterocycles. The van der Waals surface area contributed by atoms with Gasteiger partial charge in [-0.2, -0.15) is 8.42 Å². The molecule has 4 rings (SSSR count). The predicted octanol–water partition coefficient (Wildman–Crippen LogP) is 1.76. The average molecular weight is 430 g/mol.